The number of benzene rings is 1. The molecule has 0 aromatic heterocycles. The van der Waals surface area contributed by atoms with E-state index in [1.54, 1.807) is 12.1 Å². The van der Waals surface area contributed by atoms with E-state index in [-0.39, 0.29) is 11.7 Å². The lowest BCUT2D eigenvalue weighted by atomic mass is 10.1. The molecule has 5 heteroatoms. The van der Waals surface area contributed by atoms with Crippen molar-refractivity contribution in [3.63, 3.8) is 0 Å². The van der Waals surface area contributed by atoms with Gasteiger partial charge in [-0.05, 0) is 37.5 Å². The highest BCUT2D eigenvalue weighted by molar-refractivity contribution is 5.94. The fraction of sp³-hybridized carbons (Fsp3) is 0.533. The van der Waals surface area contributed by atoms with Gasteiger partial charge >= 0.3 is 0 Å². The minimum atomic E-state index is -0.540. The van der Waals surface area contributed by atoms with Crippen molar-refractivity contribution in [2.24, 2.45) is 5.73 Å². The predicted octanol–water partition coefficient (Wildman–Crippen LogP) is 2.49. The van der Waals surface area contributed by atoms with Crippen LogP contribution in [0.25, 0.3) is 0 Å². The van der Waals surface area contributed by atoms with Crippen LogP contribution in [0.5, 0.6) is 0 Å². The molecule has 1 atom stereocenters. The SMILES string of the molecule is CCCC(N)C(=O)Nc1ccc(N2CCCC2)c(F)c1. The van der Waals surface area contributed by atoms with Crippen LogP contribution in [0.4, 0.5) is 15.8 Å². The predicted molar refractivity (Wildman–Crippen MR) is 79.4 cm³/mol. The number of carbonyl (C=O) groups excluding carboxylic acids is 1. The smallest absolute Gasteiger partial charge is 0.241 e. The first kappa shape index (κ1) is 14.8. The molecule has 0 bridgehead atoms. The van der Waals surface area contributed by atoms with Gasteiger partial charge < -0.3 is 16.0 Å². The van der Waals surface area contributed by atoms with Crippen molar-refractivity contribution in [3.05, 3.63) is 24.0 Å². The first-order valence-corrected chi connectivity index (χ1v) is 7.22. The van der Waals surface area contributed by atoms with Gasteiger partial charge in [-0.25, -0.2) is 4.39 Å². The van der Waals surface area contributed by atoms with Gasteiger partial charge in [0.2, 0.25) is 5.91 Å². The maximum Gasteiger partial charge on any atom is 0.241 e. The standard InChI is InChI=1S/C15H22FN3O/c1-2-5-13(17)15(20)18-11-6-7-14(12(16)10-11)19-8-3-4-9-19/h6-7,10,13H,2-5,8-9,17H2,1H3,(H,18,20). The van der Waals surface area contributed by atoms with Crippen LogP contribution in [0, 0.1) is 5.82 Å². The second kappa shape index (κ2) is 6.70. The summed E-state index contributed by atoms with van der Waals surface area (Å²) in [6.07, 6.45) is 3.67. The molecule has 4 nitrogen and oxygen atoms in total. The molecule has 1 unspecified atom stereocenters. The second-order valence-corrected chi connectivity index (χ2v) is 5.24. The summed E-state index contributed by atoms with van der Waals surface area (Å²) in [5.41, 5.74) is 6.80. The average molecular weight is 279 g/mol. The van der Waals surface area contributed by atoms with Crippen molar-refractivity contribution < 1.29 is 9.18 Å². The third-order valence-electron chi connectivity index (χ3n) is 3.60. The first-order valence-electron chi connectivity index (χ1n) is 7.22. The molecule has 2 rings (SSSR count). The Morgan fingerprint density at radius 1 is 1.45 bits per heavy atom. The van der Waals surface area contributed by atoms with Crippen LogP contribution < -0.4 is 16.0 Å². The fourth-order valence-electron chi connectivity index (χ4n) is 2.48. The molecule has 110 valence electrons. The van der Waals surface area contributed by atoms with E-state index in [9.17, 15) is 9.18 Å². The molecular formula is C15H22FN3O. The van der Waals surface area contributed by atoms with E-state index in [2.05, 4.69) is 5.32 Å². The zero-order valence-electron chi connectivity index (χ0n) is 11.9. The monoisotopic (exact) mass is 279 g/mol. The molecule has 20 heavy (non-hydrogen) atoms. The summed E-state index contributed by atoms with van der Waals surface area (Å²) in [7, 11) is 0. The second-order valence-electron chi connectivity index (χ2n) is 5.24. The van der Waals surface area contributed by atoms with E-state index in [1.807, 2.05) is 11.8 Å². The Kier molecular flexibility index (Phi) is 4.95. The van der Waals surface area contributed by atoms with E-state index < -0.39 is 6.04 Å². The van der Waals surface area contributed by atoms with E-state index in [4.69, 9.17) is 5.73 Å². The lowest BCUT2D eigenvalue weighted by Gasteiger charge is -2.19. The van der Waals surface area contributed by atoms with Gasteiger partial charge in [-0.15, -0.1) is 0 Å². The number of hydrogen-bond donors (Lipinski definition) is 2. The molecule has 0 spiro atoms. The summed E-state index contributed by atoms with van der Waals surface area (Å²) in [5, 5.41) is 2.66. The average Bonchev–Trinajstić information content (AvgIpc) is 2.93. The Morgan fingerprint density at radius 3 is 2.75 bits per heavy atom. The fourth-order valence-corrected chi connectivity index (χ4v) is 2.48. The van der Waals surface area contributed by atoms with Crippen molar-refractivity contribution >= 4 is 17.3 Å². The summed E-state index contributed by atoms with van der Waals surface area (Å²) in [4.78, 5) is 13.8. The summed E-state index contributed by atoms with van der Waals surface area (Å²) < 4.78 is 14.1. The van der Waals surface area contributed by atoms with Crippen molar-refractivity contribution in [1.29, 1.82) is 0 Å². The lowest BCUT2D eigenvalue weighted by Crippen LogP contribution is -2.35. The highest BCUT2D eigenvalue weighted by Crippen LogP contribution is 2.26. The molecule has 1 aromatic carbocycles. The van der Waals surface area contributed by atoms with Crippen LogP contribution >= 0.6 is 0 Å². The van der Waals surface area contributed by atoms with Crippen LogP contribution in [0.3, 0.4) is 0 Å². The summed E-state index contributed by atoms with van der Waals surface area (Å²) in [5.74, 6) is -0.561. The van der Waals surface area contributed by atoms with Crippen molar-refractivity contribution in [2.45, 2.75) is 38.6 Å². The maximum absolute atomic E-state index is 14.1. The van der Waals surface area contributed by atoms with Gasteiger partial charge in [0.1, 0.15) is 5.82 Å². The van der Waals surface area contributed by atoms with Gasteiger partial charge in [-0.1, -0.05) is 13.3 Å². The van der Waals surface area contributed by atoms with Crippen LogP contribution in [0.1, 0.15) is 32.6 Å². The van der Waals surface area contributed by atoms with Gasteiger partial charge in [0, 0.05) is 18.8 Å². The van der Waals surface area contributed by atoms with E-state index >= 15 is 0 Å². The molecule has 1 aliphatic heterocycles. The first-order chi connectivity index (χ1) is 9.61. The van der Waals surface area contributed by atoms with Gasteiger partial charge in [0.25, 0.3) is 0 Å². The van der Waals surface area contributed by atoms with Gasteiger partial charge in [-0.2, -0.15) is 0 Å². The Morgan fingerprint density at radius 2 is 2.15 bits per heavy atom. The van der Waals surface area contributed by atoms with Crippen molar-refractivity contribution in [2.75, 3.05) is 23.3 Å². The van der Waals surface area contributed by atoms with E-state index in [0.29, 0.717) is 17.8 Å². The highest BCUT2D eigenvalue weighted by Gasteiger charge is 2.17. The minimum Gasteiger partial charge on any atom is -0.369 e. The molecule has 0 saturated carbocycles. The molecule has 0 aliphatic carbocycles. The van der Waals surface area contributed by atoms with Gasteiger partial charge in [0.05, 0.1) is 11.7 Å². The summed E-state index contributed by atoms with van der Waals surface area (Å²) >= 11 is 0. The molecule has 1 saturated heterocycles. The Balaban J connectivity index is 2.03. The molecule has 1 aromatic rings. The quantitative estimate of drug-likeness (QED) is 0.870. The summed E-state index contributed by atoms with van der Waals surface area (Å²) in [6, 6.07) is 4.28. The van der Waals surface area contributed by atoms with Crippen LogP contribution in [0.15, 0.2) is 18.2 Å². The Hall–Kier alpha value is -1.62. The Bertz CT molecular complexity index is 472. The minimum absolute atomic E-state index is 0.264. The van der Waals surface area contributed by atoms with Crippen LogP contribution in [0.2, 0.25) is 0 Å². The number of hydrogen-bond acceptors (Lipinski definition) is 3. The Labute approximate surface area is 119 Å². The highest BCUT2D eigenvalue weighted by atomic mass is 19.1. The maximum atomic E-state index is 14.1. The van der Waals surface area contributed by atoms with E-state index in [1.165, 1.54) is 6.07 Å². The van der Waals surface area contributed by atoms with Crippen molar-refractivity contribution in [1.82, 2.24) is 0 Å². The molecule has 1 aliphatic rings. The lowest BCUT2D eigenvalue weighted by molar-refractivity contribution is -0.117. The molecular weight excluding hydrogens is 257 g/mol. The summed E-state index contributed by atoms with van der Waals surface area (Å²) in [6.45, 7) is 3.76. The molecule has 0 radical (unpaired) electrons. The van der Waals surface area contributed by atoms with Crippen LogP contribution in [-0.4, -0.2) is 25.0 Å². The molecule has 3 N–H and O–H groups in total. The number of nitrogens with two attached hydrogens (primary N) is 1. The zero-order valence-corrected chi connectivity index (χ0v) is 11.9. The normalized spacial score (nSPS) is 16.2. The zero-order chi connectivity index (χ0) is 14.5. The third-order valence-corrected chi connectivity index (χ3v) is 3.60. The van der Waals surface area contributed by atoms with Crippen LogP contribution in [-0.2, 0) is 4.79 Å². The largest absolute Gasteiger partial charge is 0.369 e. The number of anilines is 2. The molecule has 1 heterocycles. The topological polar surface area (TPSA) is 58.4 Å². The van der Waals surface area contributed by atoms with Gasteiger partial charge in [0.15, 0.2) is 0 Å². The number of nitrogens with zero attached hydrogens (tertiary/aromatic N) is 1. The number of carbonyl (C=O) groups is 1. The number of amides is 1. The van der Waals surface area contributed by atoms with Crippen molar-refractivity contribution in [3.8, 4) is 0 Å². The third kappa shape index (κ3) is 3.48. The number of nitrogens with one attached hydrogen (secondary N) is 1. The molecule has 1 fully saturated rings. The number of rotatable bonds is 5. The molecule has 1 amide bonds. The van der Waals surface area contributed by atoms with Gasteiger partial charge in [-0.3, -0.25) is 4.79 Å². The van der Waals surface area contributed by atoms with E-state index in [0.717, 1.165) is 32.4 Å². The number of halogens is 1.